The first-order valence-corrected chi connectivity index (χ1v) is 2.40. The van der Waals surface area contributed by atoms with Crippen molar-refractivity contribution in [3.63, 3.8) is 0 Å². The first-order valence-electron chi connectivity index (χ1n) is 2.40. The maximum atomic E-state index is 10.1. The first kappa shape index (κ1) is 8.16. The average molecular weight is 126 g/mol. The van der Waals surface area contributed by atoms with E-state index >= 15 is 0 Å². The van der Waals surface area contributed by atoms with Gasteiger partial charge < -0.3 is 15.8 Å². The van der Waals surface area contributed by atoms with Crippen molar-refractivity contribution in [1.29, 1.82) is 0 Å². The van der Waals surface area contributed by atoms with Crippen molar-refractivity contribution in [1.82, 2.24) is 5.23 Å². The molecule has 3 N–H and O–H groups in total. The highest BCUT2D eigenvalue weighted by atomic mass is 16.1. The van der Waals surface area contributed by atoms with Crippen LogP contribution in [-0.4, -0.2) is 26.2 Å². The van der Waals surface area contributed by atoms with Crippen LogP contribution in [-0.2, 0) is 9.59 Å². The predicted octanol–water partition coefficient (Wildman–Crippen LogP) is -1.90. The van der Waals surface area contributed by atoms with Gasteiger partial charge in [0.05, 0.1) is 6.04 Å². The molecule has 2 radical (unpaired) electrons. The zero-order valence-corrected chi connectivity index (χ0v) is 4.83. The molecule has 1 atom stereocenters. The molecule has 0 fully saturated rings. The molecule has 0 aromatic carbocycles. The molecule has 0 heterocycles. The van der Waals surface area contributed by atoms with E-state index in [2.05, 4.69) is 5.23 Å². The number of nitrogens with one attached hydrogen (secondary N) is 1. The molecule has 0 aliphatic heterocycles. The van der Waals surface area contributed by atoms with Crippen molar-refractivity contribution in [2.45, 2.75) is 12.5 Å². The number of nitrogens with two attached hydrogens (primary N) is 1. The van der Waals surface area contributed by atoms with Crippen LogP contribution >= 0.6 is 0 Å². The summed E-state index contributed by atoms with van der Waals surface area (Å²) in [6.45, 7) is 0. The summed E-state index contributed by atoms with van der Waals surface area (Å²) in [6, 6.07) is -0.650. The lowest BCUT2D eigenvalue weighted by atomic mass is 10.2. The van der Waals surface area contributed by atoms with Crippen LogP contribution in [0.15, 0.2) is 0 Å². The lowest BCUT2D eigenvalue weighted by Gasteiger charge is -2.03. The number of aldehydes is 1. The smallest absolute Gasteiger partial charge is 0.219 e. The molecule has 0 saturated heterocycles. The molecule has 0 rings (SSSR count). The summed E-state index contributed by atoms with van der Waals surface area (Å²) in [4.78, 5) is 20.0. The van der Waals surface area contributed by atoms with Crippen LogP contribution in [0.2, 0.25) is 0 Å². The van der Waals surface area contributed by atoms with Gasteiger partial charge in [0.15, 0.2) is 7.98 Å². The summed E-state index contributed by atoms with van der Waals surface area (Å²) in [7, 11) is 4.84. The van der Waals surface area contributed by atoms with Gasteiger partial charge in [0.2, 0.25) is 5.91 Å². The van der Waals surface area contributed by atoms with Crippen molar-refractivity contribution in [2.24, 2.45) is 5.73 Å². The third kappa shape index (κ3) is 3.72. The minimum absolute atomic E-state index is 0.0556. The van der Waals surface area contributed by atoms with E-state index in [0.29, 0.717) is 6.29 Å². The molecule has 0 aliphatic carbocycles. The van der Waals surface area contributed by atoms with E-state index in [9.17, 15) is 9.59 Å². The number of primary amides is 1. The van der Waals surface area contributed by atoms with E-state index in [4.69, 9.17) is 13.7 Å². The summed E-state index contributed by atoms with van der Waals surface area (Å²) in [6.07, 6.45) is 0.477. The number of rotatable bonds is 4. The lowest BCUT2D eigenvalue weighted by Crippen LogP contribution is -2.32. The fourth-order valence-corrected chi connectivity index (χ4v) is 0.363. The van der Waals surface area contributed by atoms with Crippen LogP contribution in [0.25, 0.3) is 0 Å². The minimum atomic E-state index is -0.650. The van der Waals surface area contributed by atoms with Gasteiger partial charge in [-0.15, -0.1) is 0 Å². The third-order valence-electron chi connectivity index (χ3n) is 0.799. The van der Waals surface area contributed by atoms with Gasteiger partial charge >= 0.3 is 0 Å². The van der Waals surface area contributed by atoms with Crippen LogP contribution in [0.1, 0.15) is 6.42 Å². The molecule has 1 unspecified atom stereocenters. The summed E-state index contributed by atoms with van der Waals surface area (Å²) >= 11 is 0. The molecule has 48 valence electrons. The Morgan fingerprint density at radius 1 is 1.89 bits per heavy atom. The zero-order valence-electron chi connectivity index (χ0n) is 4.83. The Balaban J connectivity index is 3.55. The van der Waals surface area contributed by atoms with Crippen molar-refractivity contribution in [3.8, 4) is 0 Å². The van der Waals surface area contributed by atoms with Crippen molar-refractivity contribution >= 4 is 20.2 Å². The van der Waals surface area contributed by atoms with E-state index in [1.165, 1.54) is 0 Å². The highest BCUT2D eigenvalue weighted by Gasteiger charge is 2.05. The van der Waals surface area contributed by atoms with Crippen molar-refractivity contribution in [2.75, 3.05) is 0 Å². The van der Waals surface area contributed by atoms with Gasteiger partial charge in [-0.3, -0.25) is 4.79 Å². The van der Waals surface area contributed by atoms with Crippen LogP contribution < -0.4 is 11.0 Å². The molecule has 0 aliphatic rings. The molecule has 0 spiro atoms. The largest absolute Gasteiger partial charge is 0.370 e. The summed E-state index contributed by atoms with van der Waals surface area (Å²) in [5, 5.41) is 2.11. The maximum absolute atomic E-state index is 10.1. The lowest BCUT2D eigenvalue weighted by molar-refractivity contribution is -0.120. The van der Waals surface area contributed by atoms with Crippen LogP contribution in [0.4, 0.5) is 0 Å². The Morgan fingerprint density at radius 2 is 2.44 bits per heavy atom. The zero-order chi connectivity index (χ0) is 7.28. The maximum Gasteiger partial charge on any atom is 0.219 e. The van der Waals surface area contributed by atoms with E-state index in [-0.39, 0.29) is 6.42 Å². The molecule has 1 amide bonds. The van der Waals surface area contributed by atoms with Crippen LogP contribution in [0.3, 0.4) is 0 Å². The van der Waals surface area contributed by atoms with Gasteiger partial charge in [0, 0.05) is 6.42 Å². The van der Waals surface area contributed by atoms with E-state index in [1.807, 2.05) is 0 Å². The number of carbonyl (C=O) groups is 2. The highest BCUT2D eigenvalue weighted by Crippen LogP contribution is 1.82. The first-order chi connectivity index (χ1) is 4.20. The standard InChI is InChI=1S/C4H7BN2O2/c5-7-3(2-8)1-4(6)9/h2-3,7H,1H2,(H2,6,9). The summed E-state index contributed by atoms with van der Waals surface area (Å²) in [5.74, 6) is -0.551. The van der Waals surface area contributed by atoms with Gasteiger partial charge in [-0.25, -0.2) is 0 Å². The Kier molecular flexibility index (Phi) is 3.71. The van der Waals surface area contributed by atoms with Crippen LogP contribution in [0.5, 0.6) is 0 Å². The predicted molar refractivity (Wildman–Crippen MR) is 32.6 cm³/mol. The molecular weight excluding hydrogens is 119 g/mol. The van der Waals surface area contributed by atoms with Crippen molar-refractivity contribution in [3.05, 3.63) is 0 Å². The van der Waals surface area contributed by atoms with E-state index in [0.717, 1.165) is 0 Å². The number of hydrogen-bond donors (Lipinski definition) is 2. The summed E-state index contributed by atoms with van der Waals surface area (Å²) < 4.78 is 0. The van der Waals surface area contributed by atoms with Crippen LogP contribution in [0, 0.1) is 0 Å². The van der Waals surface area contributed by atoms with Gasteiger partial charge in [0.1, 0.15) is 6.29 Å². The molecule has 5 heteroatoms. The topological polar surface area (TPSA) is 72.2 Å². The molecule has 4 nitrogen and oxygen atoms in total. The fourth-order valence-electron chi connectivity index (χ4n) is 0.363. The molecular formula is C4H7BN2O2. The fraction of sp³-hybridized carbons (Fsp3) is 0.500. The molecule has 9 heavy (non-hydrogen) atoms. The molecule has 0 bridgehead atoms. The SMILES string of the molecule is [B]NC(C=O)CC(N)=O. The van der Waals surface area contributed by atoms with Gasteiger partial charge in [-0.1, -0.05) is 0 Å². The Morgan fingerprint density at radius 3 is 2.56 bits per heavy atom. The molecule has 0 aromatic rings. The normalized spacial score (nSPS) is 12.4. The third-order valence-corrected chi connectivity index (χ3v) is 0.799. The summed E-state index contributed by atoms with van der Waals surface area (Å²) in [5.41, 5.74) is 4.75. The second kappa shape index (κ2) is 4.08. The minimum Gasteiger partial charge on any atom is -0.370 e. The van der Waals surface area contributed by atoms with Gasteiger partial charge in [-0.05, 0) is 0 Å². The quantitative estimate of drug-likeness (QED) is 0.341. The van der Waals surface area contributed by atoms with E-state index < -0.39 is 11.9 Å². The Bertz CT molecular complexity index is 117. The van der Waals surface area contributed by atoms with Gasteiger partial charge in [0.25, 0.3) is 0 Å². The number of carbonyl (C=O) groups excluding carboxylic acids is 2. The number of amides is 1. The second-order valence-electron chi connectivity index (χ2n) is 1.58. The highest BCUT2D eigenvalue weighted by molar-refractivity contribution is 6.06. The van der Waals surface area contributed by atoms with Gasteiger partial charge in [-0.2, -0.15) is 0 Å². The van der Waals surface area contributed by atoms with E-state index in [1.54, 1.807) is 0 Å². The van der Waals surface area contributed by atoms with Crippen molar-refractivity contribution < 1.29 is 9.59 Å². The second-order valence-corrected chi connectivity index (χ2v) is 1.58. The molecule has 0 saturated carbocycles. The average Bonchev–Trinajstić information content (AvgIpc) is 1.82. The Hall–Kier alpha value is -0.835. The number of hydrogen-bond acceptors (Lipinski definition) is 3. The monoisotopic (exact) mass is 126 g/mol. The Labute approximate surface area is 54.2 Å². The molecule has 0 aromatic heterocycles.